The second-order valence-corrected chi connectivity index (χ2v) is 5.81. The Morgan fingerprint density at radius 1 is 1.14 bits per heavy atom. The normalized spacial score (nSPS) is 15.3. The molecule has 1 aliphatic carbocycles. The van der Waals surface area contributed by atoms with Gasteiger partial charge in [0, 0.05) is 6.54 Å². The number of aliphatic carboxylic acids is 1. The number of carbonyl (C=O) groups is 2. The number of nitrogens with one attached hydrogen (secondary N) is 1. The maximum absolute atomic E-state index is 11.8. The van der Waals surface area contributed by atoms with Gasteiger partial charge < -0.3 is 15.2 Å². The van der Waals surface area contributed by atoms with Crippen LogP contribution in [0.4, 0.5) is 0 Å². The van der Waals surface area contributed by atoms with E-state index in [-0.39, 0.29) is 18.9 Å². The van der Waals surface area contributed by atoms with Crippen molar-refractivity contribution < 1.29 is 19.4 Å². The number of hydrogen-bond acceptors (Lipinski definition) is 3. The fraction of sp³-hybridized carbons (Fsp3) is 0.529. The first-order chi connectivity index (χ1) is 10.6. The zero-order chi connectivity index (χ0) is 15.8. The number of amides is 1. The predicted octanol–water partition coefficient (Wildman–Crippen LogP) is 2.39. The van der Waals surface area contributed by atoms with Gasteiger partial charge in [-0.15, -0.1) is 0 Å². The SMILES string of the molecule is O=C(O)Cc1ccc(OCC(=O)NCC2CCCCC2)cc1. The first kappa shape index (κ1) is 16.3. The quantitative estimate of drug-likeness (QED) is 0.811. The number of benzene rings is 1. The molecule has 0 aliphatic heterocycles. The third kappa shape index (κ3) is 5.76. The van der Waals surface area contributed by atoms with Crippen molar-refractivity contribution in [2.45, 2.75) is 38.5 Å². The van der Waals surface area contributed by atoms with Crippen LogP contribution in [0.1, 0.15) is 37.7 Å². The van der Waals surface area contributed by atoms with Crippen molar-refractivity contribution in [2.75, 3.05) is 13.2 Å². The monoisotopic (exact) mass is 305 g/mol. The zero-order valence-corrected chi connectivity index (χ0v) is 12.7. The molecule has 0 atom stereocenters. The topological polar surface area (TPSA) is 75.6 Å². The van der Waals surface area contributed by atoms with Gasteiger partial charge in [0.05, 0.1) is 6.42 Å². The molecule has 2 N–H and O–H groups in total. The van der Waals surface area contributed by atoms with Crippen molar-refractivity contribution >= 4 is 11.9 Å². The van der Waals surface area contributed by atoms with Gasteiger partial charge in [-0.3, -0.25) is 9.59 Å². The maximum atomic E-state index is 11.8. The average Bonchev–Trinajstić information content (AvgIpc) is 2.53. The average molecular weight is 305 g/mol. The molecule has 0 spiro atoms. The standard InChI is InChI=1S/C17H23NO4/c19-16(18-11-14-4-2-1-3-5-14)12-22-15-8-6-13(7-9-15)10-17(20)21/h6-9,14H,1-5,10-12H2,(H,18,19)(H,20,21). The van der Waals surface area contributed by atoms with E-state index in [0.717, 1.165) is 6.54 Å². The smallest absolute Gasteiger partial charge is 0.307 e. The Kier molecular flexibility index (Phi) is 6.25. The molecule has 22 heavy (non-hydrogen) atoms. The molecule has 1 saturated carbocycles. The number of hydrogen-bond donors (Lipinski definition) is 2. The van der Waals surface area contributed by atoms with Crippen molar-refractivity contribution in [1.82, 2.24) is 5.32 Å². The highest BCUT2D eigenvalue weighted by atomic mass is 16.5. The van der Waals surface area contributed by atoms with E-state index >= 15 is 0 Å². The molecule has 1 aromatic rings. The summed E-state index contributed by atoms with van der Waals surface area (Å²) in [4.78, 5) is 22.3. The van der Waals surface area contributed by atoms with E-state index in [2.05, 4.69) is 5.32 Å². The molecule has 5 nitrogen and oxygen atoms in total. The van der Waals surface area contributed by atoms with Gasteiger partial charge in [0.2, 0.25) is 0 Å². The Balaban J connectivity index is 1.68. The molecule has 1 aliphatic rings. The molecular formula is C17H23NO4. The number of ether oxygens (including phenoxy) is 1. The lowest BCUT2D eigenvalue weighted by molar-refractivity contribution is -0.136. The van der Waals surface area contributed by atoms with Crippen molar-refractivity contribution in [1.29, 1.82) is 0 Å². The van der Waals surface area contributed by atoms with Crippen LogP contribution in [0.2, 0.25) is 0 Å². The van der Waals surface area contributed by atoms with E-state index in [9.17, 15) is 9.59 Å². The van der Waals surface area contributed by atoms with Crippen LogP contribution in [0.15, 0.2) is 24.3 Å². The molecule has 0 saturated heterocycles. The fourth-order valence-electron chi connectivity index (χ4n) is 2.73. The van der Waals surface area contributed by atoms with Crippen LogP contribution in [0.3, 0.4) is 0 Å². The molecule has 1 aromatic carbocycles. The number of carboxylic acid groups (broad SMARTS) is 1. The van der Waals surface area contributed by atoms with Gasteiger partial charge in [-0.05, 0) is 36.5 Å². The molecule has 0 bridgehead atoms. The number of carboxylic acids is 1. The highest BCUT2D eigenvalue weighted by Gasteiger charge is 2.14. The zero-order valence-electron chi connectivity index (χ0n) is 12.7. The lowest BCUT2D eigenvalue weighted by Gasteiger charge is -2.21. The first-order valence-corrected chi connectivity index (χ1v) is 7.83. The van der Waals surface area contributed by atoms with Crippen molar-refractivity contribution in [2.24, 2.45) is 5.92 Å². The van der Waals surface area contributed by atoms with E-state index in [4.69, 9.17) is 9.84 Å². The summed E-state index contributed by atoms with van der Waals surface area (Å²) in [6.45, 7) is 0.727. The maximum Gasteiger partial charge on any atom is 0.307 e. The summed E-state index contributed by atoms with van der Waals surface area (Å²) in [6, 6.07) is 6.77. The minimum Gasteiger partial charge on any atom is -0.484 e. The van der Waals surface area contributed by atoms with Crippen LogP contribution in [-0.4, -0.2) is 30.1 Å². The molecule has 1 amide bonds. The third-order valence-electron chi connectivity index (χ3n) is 3.96. The molecule has 0 heterocycles. The lowest BCUT2D eigenvalue weighted by atomic mass is 9.89. The van der Waals surface area contributed by atoms with Crippen LogP contribution in [0.5, 0.6) is 5.75 Å². The lowest BCUT2D eigenvalue weighted by Crippen LogP contribution is -2.33. The van der Waals surface area contributed by atoms with Crippen LogP contribution >= 0.6 is 0 Å². The van der Waals surface area contributed by atoms with Crippen molar-refractivity contribution in [3.05, 3.63) is 29.8 Å². The van der Waals surface area contributed by atoms with Crippen LogP contribution in [0.25, 0.3) is 0 Å². The summed E-state index contributed by atoms with van der Waals surface area (Å²) in [7, 11) is 0. The molecule has 120 valence electrons. The van der Waals surface area contributed by atoms with Crippen LogP contribution < -0.4 is 10.1 Å². The van der Waals surface area contributed by atoms with E-state index in [0.29, 0.717) is 17.2 Å². The minimum absolute atomic E-state index is 0.00893. The van der Waals surface area contributed by atoms with E-state index in [1.807, 2.05) is 0 Å². The molecule has 0 unspecified atom stereocenters. The Morgan fingerprint density at radius 2 is 1.82 bits per heavy atom. The number of rotatable bonds is 7. The summed E-state index contributed by atoms with van der Waals surface area (Å²) in [5, 5.41) is 11.6. The van der Waals surface area contributed by atoms with Gasteiger partial charge in [0.15, 0.2) is 6.61 Å². The summed E-state index contributed by atoms with van der Waals surface area (Å²) in [5.74, 6) is 0.200. The predicted molar refractivity (Wildman–Crippen MR) is 82.9 cm³/mol. The summed E-state index contributed by atoms with van der Waals surface area (Å²) >= 11 is 0. The Bertz CT molecular complexity index is 492. The van der Waals surface area contributed by atoms with Crippen LogP contribution in [0, 0.1) is 5.92 Å². The highest BCUT2D eigenvalue weighted by Crippen LogP contribution is 2.22. The molecule has 5 heteroatoms. The van der Waals surface area contributed by atoms with Gasteiger partial charge in [-0.25, -0.2) is 0 Å². The van der Waals surface area contributed by atoms with Gasteiger partial charge in [-0.2, -0.15) is 0 Å². The summed E-state index contributed by atoms with van der Waals surface area (Å²) in [5.41, 5.74) is 0.710. The first-order valence-electron chi connectivity index (χ1n) is 7.83. The fourth-order valence-corrected chi connectivity index (χ4v) is 2.73. The highest BCUT2D eigenvalue weighted by molar-refractivity contribution is 5.77. The summed E-state index contributed by atoms with van der Waals surface area (Å²) < 4.78 is 5.41. The van der Waals surface area contributed by atoms with Crippen molar-refractivity contribution in [3.63, 3.8) is 0 Å². The second kappa shape index (κ2) is 8.41. The van der Waals surface area contributed by atoms with Gasteiger partial charge in [0.1, 0.15) is 5.75 Å². The molecular weight excluding hydrogens is 282 g/mol. The van der Waals surface area contributed by atoms with E-state index in [1.165, 1.54) is 32.1 Å². The van der Waals surface area contributed by atoms with Gasteiger partial charge in [0.25, 0.3) is 5.91 Å². The third-order valence-corrected chi connectivity index (χ3v) is 3.96. The van der Waals surface area contributed by atoms with E-state index < -0.39 is 5.97 Å². The molecule has 0 aromatic heterocycles. The summed E-state index contributed by atoms with van der Waals surface area (Å²) in [6.07, 6.45) is 6.23. The van der Waals surface area contributed by atoms with E-state index in [1.54, 1.807) is 24.3 Å². The van der Waals surface area contributed by atoms with Gasteiger partial charge >= 0.3 is 5.97 Å². The van der Waals surface area contributed by atoms with Crippen molar-refractivity contribution in [3.8, 4) is 5.75 Å². The van der Waals surface area contributed by atoms with Gasteiger partial charge in [-0.1, -0.05) is 31.4 Å². The molecule has 1 fully saturated rings. The Hall–Kier alpha value is -2.04. The number of carbonyl (C=O) groups excluding carboxylic acids is 1. The molecule has 0 radical (unpaired) electrons. The second-order valence-electron chi connectivity index (χ2n) is 5.81. The Labute approximate surface area is 130 Å². The van der Waals surface area contributed by atoms with Crippen LogP contribution in [-0.2, 0) is 16.0 Å². The molecule has 2 rings (SSSR count). The largest absolute Gasteiger partial charge is 0.484 e. The Morgan fingerprint density at radius 3 is 2.45 bits per heavy atom. The minimum atomic E-state index is -0.865.